The number of nitrogens with two attached hydrogens (primary N) is 1. The normalized spacial score (nSPS) is 31.9. The highest BCUT2D eigenvalue weighted by molar-refractivity contribution is 5.58. The van der Waals surface area contributed by atoms with Crippen molar-refractivity contribution >= 4 is 5.69 Å². The number of hydrogen-bond acceptors (Lipinski definition) is 3. The lowest BCUT2D eigenvalue weighted by Gasteiger charge is -2.47. The Morgan fingerprint density at radius 3 is 3.12 bits per heavy atom. The maximum absolute atomic E-state index is 13.3. The van der Waals surface area contributed by atoms with Crippen LogP contribution in [0.5, 0.6) is 0 Å². The summed E-state index contributed by atoms with van der Waals surface area (Å²) in [7, 11) is 2.06. The Bertz CT molecular complexity index is 437. The zero-order valence-corrected chi connectivity index (χ0v) is 9.90. The Labute approximate surface area is 100 Å². The topological polar surface area (TPSA) is 38.5 Å². The predicted octanol–water partition coefficient (Wildman–Crippen LogP) is 1.68. The molecule has 2 N–H and O–H groups in total. The second-order valence-electron chi connectivity index (χ2n) is 4.93. The van der Waals surface area contributed by atoms with Crippen LogP contribution < -0.4 is 10.6 Å². The third kappa shape index (κ3) is 1.63. The summed E-state index contributed by atoms with van der Waals surface area (Å²) in [6.07, 6.45) is 0.992. The highest BCUT2D eigenvalue weighted by Crippen LogP contribution is 2.41. The van der Waals surface area contributed by atoms with E-state index in [1.54, 1.807) is 6.07 Å². The first-order chi connectivity index (χ1) is 8.18. The number of fused-ring (bicyclic) bond motifs is 2. The molecule has 3 unspecified atom stereocenters. The number of benzene rings is 1. The fourth-order valence-electron chi connectivity index (χ4n) is 3.10. The molecule has 4 heteroatoms. The van der Waals surface area contributed by atoms with E-state index < -0.39 is 0 Å². The monoisotopic (exact) mass is 236 g/mol. The maximum Gasteiger partial charge on any atom is 0.123 e. The smallest absolute Gasteiger partial charge is 0.123 e. The van der Waals surface area contributed by atoms with Crippen LogP contribution in [0.4, 0.5) is 10.1 Å². The molecule has 1 aromatic rings. The van der Waals surface area contributed by atoms with Gasteiger partial charge in [-0.3, -0.25) is 0 Å². The van der Waals surface area contributed by atoms with Crippen molar-refractivity contribution in [3.63, 3.8) is 0 Å². The fraction of sp³-hybridized carbons (Fsp3) is 0.538. The number of hydrogen-bond donors (Lipinski definition) is 1. The number of rotatable bonds is 0. The van der Waals surface area contributed by atoms with Crippen molar-refractivity contribution in [3.8, 4) is 0 Å². The van der Waals surface area contributed by atoms with Crippen LogP contribution in [0.2, 0.25) is 0 Å². The zero-order chi connectivity index (χ0) is 12.0. The molecule has 0 aliphatic carbocycles. The van der Waals surface area contributed by atoms with Crippen molar-refractivity contribution in [1.29, 1.82) is 0 Å². The lowest BCUT2D eigenvalue weighted by molar-refractivity contribution is 0.0272. The molecule has 0 radical (unpaired) electrons. The minimum atomic E-state index is -0.220. The summed E-state index contributed by atoms with van der Waals surface area (Å²) in [4.78, 5) is 2.23. The standard InChI is InChI=1S/C13H17FN2O/c1-16-11-3-2-8(14)6-9(11)13(15)10-7-17-5-4-12(10)16/h2-3,6,10,12-13H,4-5,7,15H2,1H3. The van der Waals surface area contributed by atoms with Crippen LogP contribution in [-0.4, -0.2) is 26.3 Å². The largest absolute Gasteiger partial charge is 0.381 e. The Morgan fingerprint density at radius 2 is 2.29 bits per heavy atom. The van der Waals surface area contributed by atoms with Gasteiger partial charge in [-0.2, -0.15) is 0 Å². The van der Waals surface area contributed by atoms with Gasteiger partial charge in [0.1, 0.15) is 5.82 Å². The first-order valence-corrected chi connectivity index (χ1v) is 6.04. The van der Waals surface area contributed by atoms with Crippen molar-refractivity contribution in [1.82, 2.24) is 0 Å². The van der Waals surface area contributed by atoms with Gasteiger partial charge in [0, 0.05) is 37.3 Å². The summed E-state index contributed by atoms with van der Waals surface area (Å²) in [6, 6.07) is 5.18. The van der Waals surface area contributed by atoms with Crippen molar-refractivity contribution in [2.75, 3.05) is 25.2 Å². The highest BCUT2D eigenvalue weighted by Gasteiger charge is 2.39. The molecule has 1 fully saturated rings. The van der Waals surface area contributed by atoms with E-state index in [1.807, 2.05) is 6.07 Å². The Morgan fingerprint density at radius 1 is 1.47 bits per heavy atom. The van der Waals surface area contributed by atoms with Crippen molar-refractivity contribution in [2.24, 2.45) is 11.7 Å². The maximum atomic E-state index is 13.3. The first-order valence-electron chi connectivity index (χ1n) is 6.04. The summed E-state index contributed by atoms with van der Waals surface area (Å²) in [6.45, 7) is 1.46. The van der Waals surface area contributed by atoms with Gasteiger partial charge in [0.25, 0.3) is 0 Å². The van der Waals surface area contributed by atoms with Gasteiger partial charge in [-0.1, -0.05) is 0 Å². The van der Waals surface area contributed by atoms with E-state index in [0.717, 1.165) is 24.3 Å². The molecule has 1 saturated heterocycles. The molecule has 0 bridgehead atoms. The van der Waals surface area contributed by atoms with Gasteiger partial charge in [0.05, 0.1) is 6.61 Å². The summed E-state index contributed by atoms with van der Waals surface area (Å²) in [5.41, 5.74) is 8.22. The van der Waals surface area contributed by atoms with Crippen LogP contribution in [0, 0.1) is 11.7 Å². The Balaban J connectivity index is 2.07. The number of anilines is 1. The Kier molecular flexibility index (Phi) is 2.56. The summed E-state index contributed by atoms with van der Waals surface area (Å²) in [5.74, 6) is 0.0471. The molecule has 0 aromatic heterocycles. The molecule has 2 aliphatic rings. The van der Waals surface area contributed by atoms with Gasteiger partial charge in [-0.05, 0) is 30.2 Å². The van der Waals surface area contributed by atoms with Crippen molar-refractivity contribution in [2.45, 2.75) is 18.5 Å². The minimum absolute atomic E-state index is 0.123. The molecule has 0 saturated carbocycles. The van der Waals surface area contributed by atoms with E-state index >= 15 is 0 Å². The van der Waals surface area contributed by atoms with Crippen LogP contribution in [0.25, 0.3) is 0 Å². The molecule has 0 amide bonds. The van der Waals surface area contributed by atoms with Gasteiger partial charge in [-0.25, -0.2) is 4.39 Å². The molecule has 2 heterocycles. The second-order valence-corrected chi connectivity index (χ2v) is 4.93. The molecule has 17 heavy (non-hydrogen) atoms. The van der Waals surface area contributed by atoms with Crippen LogP contribution in [0.15, 0.2) is 18.2 Å². The van der Waals surface area contributed by atoms with Gasteiger partial charge in [0.15, 0.2) is 0 Å². The van der Waals surface area contributed by atoms with Crippen LogP contribution in [-0.2, 0) is 4.74 Å². The van der Waals surface area contributed by atoms with Crippen LogP contribution >= 0.6 is 0 Å². The van der Waals surface area contributed by atoms with E-state index in [2.05, 4.69) is 11.9 Å². The lowest BCUT2D eigenvalue weighted by Crippen LogP contribution is -2.51. The van der Waals surface area contributed by atoms with E-state index in [4.69, 9.17) is 10.5 Å². The van der Waals surface area contributed by atoms with Gasteiger partial charge >= 0.3 is 0 Å². The molecule has 1 aromatic carbocycles. The molecular weight excluding hydrogens is 219 g/mol. The van der Waals surface area contributed by atoms with E-state index in [9.17, 15) is 4.39 Å². The van der Waals surface area contributed by atoms with Crippen LogP contribution in [0.1, 0.15) is 18.0 Å². The SMILES string of the molecule is CN1c2ccc(F)cc2C(N)C2COCCC21. The third-order valence-electron chi connectivity index (χ3n) is 4.05. The third-order valence-corrected chi connectivity index (χ3v) is 4.05. The molecular formula is C13H17FN2O. The van der Waals surface area contributed by atoms with Crippen LogP contribution in [0.3, 0.4) is 0 Å². The van der Waals surface area contributed by atoms with E-state index in [0.29, 0.717) is 12.6 Å². The lowest BCUT2D eigenvalue weighted by atomic mass is 9.80. The zero-order valence-electron chi connectivity index (χ0n) is 9.90. The van der Waals surface area contributed by atoms with Gasteiger partial charge in [0.2, 0.25) is 0 Å². The number of nitrogens with zero attached hydrogens (tertiary/aromatic N) is 1. The van der Waals surface area contributed by atoms with Gasteiger partial charge in [-0.15, -0.1) is 0 Å². The fourth-order valence-corrected chi connectivity index (χ4v) is 3.10. The summed E-state index contributed by atoms with van der Waals surface area (Å²) in [5, 5.41) is 0. The molecule has 92 valence electrons. The second kappa shape index (κ2) is 3.96. The predicted molar refractivity (Wildman–Crippen MR) is 64.4 cm³/mol. The molecule has 0 spiro atoms. The Hall–Kier alpha value is -1.13. The highest BCUT2D eigenvalue weighted by atomic mass is 19.1. The summed E-state index contributed by atoms with van der Waals surface area (Å²) < 4.78 is 18.8. The van der Waals surface area contributed by atoms with Crippen molar-refractivity contribution < 1.29 is 9.13 Å². The van der Waals surface area contributed by atoms with E-state index in [-0.39, 0.29) is 17.8 Å². The molecule has 3 nitrogen and oxygen atoms in total. The minimum Gasteiger partial charge on any atom is -0.381 e. The first kappa shape index (κ1) is 11.0. The van der Waals surface area contributed by atoms with Crippen molar-refractivity contribution in [3.05, 3.63) is 29.6 Å². The number of halogens is 1. The van der Waals surface area contributed by atoms with Gasteiger partial charge < -0.3 is 15.4 Å². The summed E-state index contributed by atoms with van der Waals surface area (Å²) >= 11 is 0. The quantitative estimate of drug-likeness (QED) is 0.745. The van der Waals surface area contributed by atoms with E-state index in [1.165, 1.54) is 6.07 Å². The molecule has 3 atom stereocenters. The molecule has 2 aliphatic heterocycles. The average Bonchev–Trinajstić information content (AvgIpc) is 2.36. The average molecular weight is 236 g/mol. The number of ether oxygens (including phenoxy) is 1. The molecule has 3 rings (SSSR count).